The smallest absolute Gasteiger partial charge is 0.411 e. The third-order valence-electron chi connectivity index (χ3n) is 2.17. The van der Waals surface area contributed by atoms with Crippen LogP contribution in [0.4, 0.5) is 10.5 Å². The Morgan fingerprint density at radius 3 is 2.68 bits per heavy atom. The predicted octanol–water partition coefficient (Wildman–Crippen LogP) is 1.58. The molecule has 0 aliphatic carbocycles. The molecule has 0 saturated heterocycles. The molecule has 2 amide bonds. The Labute approximate surface area is 115 Å². The lowest BCUT2D eigenvalue weighted by atomic mass is 10.2. The second-order valence-electron chi connectivity index (χ2n) is 3.88. The summed E-state index contributed by atoms with van der Waals surface area (Å²) < 4.78 is 4.64. The largest absolute Gasteiger partial charge is 0.447 e. The summed E-state index contributed by atoms with van der Waals surface area (Å²) >= 11 is 5.93. The Hall–Kier alpha value is -1.79. The highest BCUT2D eigenvalue weighted by atomic mass is 35.5. The van der Waals surface area contributed by atoms with Gasteiger partial charge < -0.3 is 14.7 Å². The zero-order valence-corrected chi connectivity index (χ0v) is 11.4. The van der Waals surface area contributed by atoms with Crippen molar-refractivity contribution in [3.63, 3.8) is 0 Å². The lowest BCUT2D eigenvalue weighted by molar-refractivity contribution is 0.0827. The number of aliphatic hydroxyl groups is 1. The number of benzene rings is 1. The van der Waals surface area contributed by atoms with Crippen LogP contribution in [0.1, 0.15) is 10.4 Å². The number of hydrogen-bond acceptors (Lipinski definition) is 4. The number of ether oxygens (including phenoxy) is 1. The first kappa shape index (κ1) is 15.3. The minimum absolute atomic E-state index is 0.0943. The van der Waals surface area contributed by atoms with Crippen molar-refractivity contribution < 1.29 is 19.4 Å². The summed E-state index contributed by atoms with van der Waals surface area (Å²) in [6.45, 7) is -0.346. The van der Waals surface area contributed by atoms with Gasteiger partial charge >= 0.3 is 6.09 Å². The van der Waals surface area contributed by atoms with Crippen LogP contribution in [0.3, 0.4) is 0 Å². The Balaban J connectivity index is 2.84. The van der Waals surface area contributed by atoms with Gasteiger partial charge in [-0.15, -0.1) is 0 Å². The Morgan fingerprint density at radius 2 is 2.11 bits per heavy atom. The molecule has 0 heterocycles. The zero-order valence-electron chi connectivity index (χ0n) is 10.6. The number of anilines is 1. The van der Waals surface area contributed by atoms with E-state index in [-0.39, 0.29) is 24.7 Å². The lowest BCUT2D eigenvalue weighted by Crippen LogP contribution is -2.22. The third-order valence-corrected chi connectivity index (χ3v) is 2.50. The van der Waals surface area contributed by atoms with Crippen LogP contribution in [0.15, 0.2) is 18.2 Å². The Bertz CT molecular complexity index is 477. The summed E-state index contributed by atoms with van der Waals surface area (Å²) in [5, 5.41) is 11.3. The predicted molar refractivity (Wildman–Crippen MR) is 71.5 cm³/mol. The molecule has 0 atom stereocenters. The van der Waals surface area contributed by atoms with Crippen molar-refractivity contribution in [2.75, 3.05) is 32.6 Å². The van der Waals surface area contributed by atoms with Crippen LogP contribution in [0.25, 0.3) is 0 Å². The van der Waals surface area contributed by atoms with E-state index in [1.165, 1.54) is 17.0 Å². The Kier molecular flexibility index (Phi) is 5.59. The van der Waals surface area contributed by atoms with E-state index in [2.05, 4.69) is 10.1 Å². The average molecular weight is 287 g/mol. The van der Waals surface area contributed by atoms with Gasteiger partial charge in [-0.2, -0.15) is 0 Å². The molecule has 0 spiro atoms. The van der Waals surface area contributed by atoms with E-state index in [0.29, 0.717) is 10.7 Å². The molecule has 0 aliphatic heterocycles. The van der Waals surface area contributed by atoms with Crippen LogP contribution < -0.4 is 5.32 Å². The maximum atomic E-state index is 11.8. The van der Waals surface area contributed by atoms with Crippen molar-refractivity contribution in [1.82, 2.24) is 4.90 Å². The highest BCUT2D eigenvalue weighted by Crippen LogP contribution is 2.21. The summed E-state index contributed by atoms with van der Waals surface area (Å²) in [6.07, 6.45) is -0.709. The molecule has 0 fully saturated rings. The van der Waals surface area contributed by atoms with Crippen LogP contribution in [0, 0.1) is 0 Å². The van der Waals surface area contributed by atoms with E-state index >= 15 is 0 Å². The van der Waals surface area contributed by atoms with E-state index in [9.17, 15) is 9.59 Å². The maximum Gasteiger partial charge on any atom is 0.411 e. The number of hydrogen-bond donors (Lipinski definition) is 2. The monoisotopic (exact) mass is 286 g/mol. The van der Waals surface area contributed by atoms with Crippen LogP contribution in [-0.2, 0) is 4.74 Å². The van der Waals surface area contributed by atoms with Crippen LogP contribution in [-0.4, -0.2) is 49.3 Å². The summed E-state index contributed by atoms with van der Waals surface area (Å²) in [5.41, 5.74) is 0.671. The third kappa shape index (κ3) is 4.42. The minimum Gasteiger partial charge on any atom is -0.447 e. The molecule has 2 N–H and O–H groups in total. The van der Waals surface area contributed by atoms with E-state index in [1.54, 1.807) is 20.2 Å². The number of carbonyl (C=O) groups is 2. The topological polar surface area (TPSA) is 78.9 Å². The van der Waals surface area contributed by atoms with Crippen LogP contribution >= 0.6 is 11.6 Å². The van der Waals surface area contributed by atoms with Crippen molar-refractivity contribution in [2.24, 2.45) is 0 Å². The van der Waals surface area contributed by atoms with E-state index in [1.807, 2.05) is 0 Å². The van der Waals surface area contributed by atoms with Gasteiger partial charge in [0.05, 0.1) is 17.2 Å². The standard InChI is InChI=1S/C12H15ClN2O4/c1-15(2)11(17)9-7-8(3-4-10(9)13)14-12(18)19-6-5-16/h3-4,7,16H,5-6H2,1-2H3,(H,14,18). The molecular weight excluding hydrogens is 272 g/mol. The molecule has 7 heteroatoms. The quantitative estimate of drug-likeness (QED) is 0.881. The fourth-order valence-electron chi connectivity index (χ4n) is 1.30. The van der Waals surface area contributed by atoms with Gasteiger partial charge in [0.1, 0.15) is 6.61 Å². The van der Waals surface area contributed by atoms with Gasteiger partial charge in [0.15, 0.2) is 0 Å². The molecule has 19 heavy (non-hydrogen) atoms. The normalized spacial score (nSPS) is 9.89. The van der Waals surface area contributed by atoms with E-state index in [0.717, 1.165) is 0 Å². The second kappa shape index (κ2) is 6.96. The zero-order chi connectivity index (χ0) is 14.4. The first-order valence-electron chi connectivity index (χ1n) is 5.51. The van der Waals surface area contributed by atoms with Gasteiger partial charge in [0, 0.05) is 19.8 Å². The summed E-state index contributed by atoms with van der Waals surface area (Å²) in [7, 11) is 3.21. The van der Waals surface area contributed by atoms with Crippen LogP contribution in [0.5, 0.6) is 0 Å². The van der Waals surface area contributed by atoms with Crippen molar-refractivity contribution in [3.8, 4) is 0 Å². The maximum absolute atomic E-state index is 11.8. The summed E-state index contributed by atoms with van der Waals surface area (Å²) in [4.78, 5) is 24.5. The van der Waals surface area contributed by atoms with Gasteiger partial charge in [-0.3, -0.25) is 10.1 Å². The number of rotatable bonds is 4. The van der Waals surface area contributed by atoms with Gasteiger partial charge in [0.2, 0.25) is 0 Å². The molecule has 0 aliphatic rings. The van der Waals surface area contributed by atoms with Crippen molar-refractivity contribution in [1.29, 1.82) is 0 Å². The molecule has 0 unspecified atom stereocenters. The Morgan fingerprint density at radius 1 is 1.42 bits per heavy atom. The first-order valence-corrected chi connectivity index (χ1v) is 5.89. The van der Waals surface area contributed by atoms with Gasteiger partial charge in [-0.25, -0.2) is 4.79 Å². The number of halogens is 1. The number of nitrogens with zero attached hydrogens (tertiary/aromatic N) is 1. The molecule has 0 radical (unpaired) electrons. The van der Waals surface area contributed by atoms with Gasteiger partial charge in [-0.1, -0.05) is 11.6 Å². The average Bonchev–Trinajstić information content (AvgIpc) is 2.37. The molecule has 6 nitrogen and oxygen atoms in total. The van der Waals surface area contributed by atoms with Crippen molar-refractivity contribution in [2.45, 2.75) is 0 Å². The van der Waals surface area contributed by atoms with Crippen molar-refractivity contribution >= 4 is 29.3 Å². The van der Waals surface area contributed by atoms with Gasteiger partial charge in [0.25, 0.3) is 5.91 Å². The number of nitrogens with one attached hydrogen (secondary N) is 1. The summed E-state index contributed by atoms with van der Waals surface area (Å²) in [6, 6.07) is 4.53. The molecule has 0 saturated carbocycles. The molecule has 0 bridgehead atoms. The molecule has 1 aromatic rings. The SMILES string of the molecule is CN(C)C(=O)c1cc(NC(=O)OCCO)ccc1Cl. The molecular formula is C12H15ClN2O4. The van der Waals surface area contributed by atoms with E-state index in [4.69, 9.17) is 16.7 Å². The molecule has 0 aromatic heterocycles. The minimum atomic E-state index is -0.709. The highest BCUT2D eigenvalue weighted by Gasteiger charge is 2.14. The number of carbonyl (C=O) groups excluding carboxylic acids is 2. The summed E-state index contributed by atoms with van der Waals surface area (Å²) in [5.74, 6) is -0.266. The molecule has 1 aromatic carbocycles. The number of amides is 2. The molecule has 104 valence electrons. The second-order valence-corrected chi connectivity index (χ2v) is 4.29. The van der Waals surface area contributed by atoms with Crippen LogP contribution in [0.2, 0.25) is 5.02 Å². The highest BCUT2D eigenvalue weighted by molar-refractivity contribution is 6.34. The van der Waals surface area contributed by atoms with Crippen molar-refractivity contribution in [3.05, 3.63) is 28.8 Å². The van der Waals surface area contributed by atoms with E-state index < -0.39 is 6.09 Å². The number of aliphatic hydroxyl groups excluding tert-OH is 1. The lowest BCUT2D eigenvalue weighted by Gasteiger charge is -2.13. The van der Waals surface area contributed by atoms with Gasteiger partial charge in [-0.05, 0) is 18.2 Å². The molecule has 1 rings (SSSR count). The fraction of sp³-hybridized carbons (Fsp3) is 0.333. The fourth-order valence-corrected chi connectivity index (χ4v) is 1.50. The first-order chi connectivity index (χ1) is 8.95.